The molecule has 2 aromatic rings. The van der Waals surface area contributed by atoms with Gasteiger partial charge >= 0.3 is 6.03 Å². The second-order valence-electron chi connectivity index (χ2n) is 7.74. The number of fused-ring (bicyclic) bond motifs is 2. The molecule has 0 radical (unpaired) electrons. The molecule has 0 aromatic heterocycles. The topological polar surface area (TPSA) is 69.7 Å². The van der Waals surface area contributed by atoms with Crippen molar-refractivity contribution >= 4 is 52.7 Å². The monoisotopic (exact) mass is 463 g/mol. The first kappa shape index (κ1) is 20.9. The minimum Gasteiger partial charge on any atom is -0.308 e. The number of urea groups is 1. The van der Waals surface area contributed by atoms with Gasteiger partial charge in [0.2, 0.25) is 11.8 Å². The van der Waals surface area contributed by atoms with E-state index in [1.807, 2.05) is 65.6 Å². The van der Waals surface area contributed by atoms with E-state index in [-0.39, 0.29) is 35.6 Å². The zero-order chi connectivity index (χ0) is 22.2. The fourth-order valence-electron chi connectivity index (χ4n) is 4.00. The number of likely N-dealkylation sites (tertiary alicyclic amines) is 1. The highest BCUT2D eigenvalue weighted by molar-refractivity contribution is 8.00. The van der Waals surface area contributed by atoms with Crippen LogP contribution in [-0.2, 0) is 9.59 Å². The molecule has 2 heterocycles. The third kappa shape index (κ3) is 3.84. The van der Waals surface area contributed by atoms with Gasteiger partial charge in [-0.2, -0.15) is 0 Å². The Morgan fingerprint density at radius 1 is 1.06 bits per heavy atom. The molecule has 3 unspecified atom stereocenters. The Bertz CT molecular complexity index is 1150. The van der Waals surface area contributed by atoms with Crippen molar-refractivity contribution in [1.29, 1.82) is 0 Å². The molecule has 0 saturated carbocycles. The molecular weight excluding hydrogens is 442 g/mol. The summed E-state index contributed by atoms with van der Waals surface area (Å²) >= 11 is 3.14. The SMILES string of the molecule is CN1C(=O)CC(Sc2ccc(NC(=O)N3c4ccccc4SC4C=CC=CC43)cc2)C1=O. The van der Waals surface area contributed by atoms with Gasteiger partial charge in [0.05, 0.1) is 22.2 Å². The summed E-state index contributed by atoms with van der Waals surface area (Å²) in [7, 11) is 1.52. The number of hydrogen-bond donors (Lipinski definition) is 1. The predicted octanol–water partition coefficient (Wildman–Crippen LogP) is 4.54. The number of carbonyl (C=O) groups is 3. The van der Waals surface area contributed by atoms with E-state index in [2.05, 4.69) is 17.5 Å². The van der Waals surface area contributed by atoms with Crippen LogP contribution in [0.1, 0.15) is 6.42 Å². The van der Waals surface area contributed by atoms with Crippen molar-refractivity contribution in [3.63, 3.8) is 0 Å². The lowest BCUT2D eigenvalue weighted by Crippen LogP contribution is -2.49. The van der Waals surface area contributed by atoms with Gasteiger partial charge in [-0.3, -0.25) is 19.4 Å². The molecule has 5 rings (SSSR count). The van der Waals surface area contributed by atoms with E-state index in [0.29, 0.717) is 5.69 Å². The van der Waals surface area contributed by atoms with Crippen molar-refractivity contribution in [3.8, 4) is 0 Å². The molecule has 6 nitrogen and oxygen atoms in total. The first-order valence-electron chi connectivity index (χ1n) is 10.3. The lowest BCUT2D eigenvalue weighted by molar-refractivity contribution is -0.136. The molecule has 2 aliphatic heterocycles. The highest BCUT2D eigenvalue weighted by Gasteiger charge is 2.37. The first-order valence-corrected chi connectivity index (χ1v) is 12.1. The number of amides is 4. The second-order valence-corrected chi connectivity index (χ2v) is 10.2. The molecule has 8 heteroatoms. The number of para-hydroxylation sites is 1. The van der Waals surface area contributed by atoms with Crippen molar-refractivity contribution in [2.24, 2.45) is 0 Å². The van der Waals surface area contributed by atoms with E-state index in [4.69, 9.17) is 0 Å². The maximum absolute atomic E-state index is 13.3. The van der Waals surface area contributed by atoms with Crippen LogP contribution in [0.3, 0.4) is 0 Å². The zero-order valence-corrected chi connectivity index (χ0v) is 18.9. The zero-order valence-electron chi connectivity index (χ0n) is 17.3. The van der Waals surface area contributed by atoms with Crippen molar-refractivity contribution in [1.82, 2.24) is 4.90 Å². The van der Waals surface area contributed by atoms with E-state index < -0.39 is 5.25 Å². The number of carbonyl (C=O) groups excluding carboxylic acids is 3. The summed E-state index contributed by atoms with van der Waals surface area (Å²) in [5, 5.41) is 2.79. The van der Waals surface area contributed by atoms with Crippen LogP contribution >= 0.6 is 23.5 Å². The van der Waals surface area contributed by atoms with Crippen LogP contribution in [0.5, 0.6) is 0 Å². The van der Waals surface area contributed by atoms with Gasteiger partial charge < -0.3 is 5.32 Å². The molecule has 1 N–H and O–H groups in total. The Morgan fingerprint density at radius 3 is 2.56 bits per heavy atom. The number of anilines is 2. The van der Waals surface area contributed by atoms with Gasteiger partial charge in [-0.05, 0) is 36.4 Å². The largest absolute Gasteiger partial charge is 0.326 e. The Balaban J connectivity index is 1.31. The maximum Gasteiger partial charge on any atom is 0.326 e. The number of benzene rings is 2. The van der Waals surface area contributed by atoms with Crippen molar-refractivity contribution in [2.45, 2.75) is 32.8 Å². The van der Waals surface area contributed by atoms with E-state index in [1.165, 1.54) is 23.7 Å². The van der Waals surface area contributed by atoms with Gasteiger partial charge in [0.1, 0.15) is 0 Å². The number of imide groups is 1. The molecule has 2 aromatic carbocycles. The predicted molar refractivity (Wildman–Crippen MR) is 128 cm³/mol. The van der Waals surface area contributed by atoms with Gasteiger partial charge in [-0.15, -0.1) is 23.5 Å². The quantitative estimate of drug-likeness (QED) is 0.677. The second kappa shape index (κ2) is 8.52. The van der Waals surface area contributed by atoms with Crippen LogP contribution in [0.15, 0.2) is 82.6 Å². The molecule has 0 bridgehead atoms. The summed E-state index contributed by atoms with van der Waals surface area (Å²) < 4.78 is 0. The Hall–Kier alpha value is -2.97. The van der Waals surface area contributed by atoms with Gasteiger partial charge in [0.25, 0.3) is 0 Å². The molecule has 0 spiro atoms. The summed E-state index contributed by atoms with van der Waals surface area (Å²) in [5.41, 5.74) is 1.57. The van der Waals surface area contributed by atoms with Gasteiger partial charge in [0, 0.05) is 28.9 Å². The minimum atomic E-state index is -0.390. The lowest BCUT2D eigenvalue weighted by atomic mass is 10.1. The van der Waals surface area contributed by atoms with Crippen molar-refractivity contribution in [3.05, 3.63) is 72.8 Å². The molecule has 3 aliphatic rings. The average molecular weight is 464 g/mol. The molecule has 1 fully saturated rings. The third-order valence-electron chi connectivity index (χ3n) is 5.69. The minimum absolute atomic E-state index is 0.0577. The first-order chi connectivity index (χ1) is 15.5. The lowest BCUT2D eigenvalue weighted by Gasteiger charge is -2.40. The van der Waals surface area contributed by atoms with Crippen LogP contribution in [0.25, 0.3) is 0 Å². The third-order valence-corrected chi connectivity index (χ3v) is 8.19. The number of rotatable bonds is 3. The normalized spacial score (nSPS) is 23.8. The van der Waals surface area contributed by atoms with E-state index >= 15 is 0 Å². The number of nitrogens with zero attached hydrogens (tertiary/aromatic N) is 2. The van der Waals surface area contributed by atoms with Crippen LogP contribution in [-0.4, -0.2) is 46.3 Å². The maximum atomic E-state index is 13.3. The van der Waals surface area contributed by atoms with Crippen LogP contribution in [0.4, 0.5) is 16.2 Å². The highest BCUT2D eigenvalue weighted by Crippen LogP contribution is 2.43. The summed E-state index contributed by atoms with van der Waals surface area (Å²) in [6, 6.07) is 15.1. The summed E-state index contributed by atoms with van der Waals surface area (Å²) in [6.45, 7) is 0. The fraction of sp³-hybridized carbons (Fsp3) is 0.208. The van der Waals surface area contributed by atoms with Crippen molar-refractivity contribution < 1.29 is 14.4 Å². The van der Waals surface area contributed by atoms with E-state index in [0.717, 1.165) is 15.5 Å². The molecular formula is C24H21N3O3S2. The van der Waals surface area contributed by atoms with Crippen LogP contribution < -0.4 is 10.2 Å². The fourth-order valence-corrected chi connectivity index (χ4v) is 6.37. The highest BCUT2D eigenvalue weighted by atomic mass is 32.2. The van der Waals surface area contributed by atoms with Crippen molar-refractivity contribution in [2.75, 3.05) is 17.3 Å². The molecule has 1 aliphatic carbocycles. The smallest absolute Gasteiger partial charge is 0.308 e. The summed E-state index contributed by atoms with van der Waals surface area (Å²) in [5.74, 6) is -0.315. The Kier molecular flexibility index (Phi) is 5.57. The van der Waals surface area contributed by atoms with Gasteiger partial charge in [-0.1, -0.05) is 36.4 Å². The summed E-state index contributed by atoms with van der Waals surface area (Å²) in [4.78, 5) is 42.1. The molecule has 162 valence electrons. The van der Waals surface area contributed by atoms with E-state index in [9.17, 15) is 14.4 Å². The molecule has 32 heavy (non-hydrogen) atoms. The Labute approximate surface area is 194 Å². The molecule has 3 atom stereocenters. The molecule has 4 amide bonds. The van der Waals surface area contributed by atoms with Crippen LogP contribution in [0, 0.1) is 0 Å². The number of nitrogens with one attached hydrogen (secondary N) is 1. The summed E-state index contributed by atoms with van der Waals surface area (Å²) in [6.07, 6.45) is 8.41. The average Bonchev–Trinajstić information content (AvgIpc) is 3.05. The van der Waals surface area contributed by atoms with Gasteiger partial charge in [0.15, 0.2) is 0 Å². The Morgan fingerprint density at radius 2 is 1.81 bits per heavy atom. The van der Waals surface area contributed by atoms with E-state index in [1.54, 1.807) is 11.8 Å². The standard InChI is InChI=1S/C24H21N3O3S2/c1-26-22(28)14-21(23(26)29)31-16-12-10-15(11-13-16)25-24(30)27-17-6-2-4-8-19(17)32-20-9-5-3-7-18(20)27/h2-13,17,19,21H,14H2,1H3,(H,25,30). The van der Waals surface area contributed by atoms with Crippen LogP contribution in [0.2, 0.25) is 0 Å². The number of thioether (sulfide) groups is 2. The number of hydrogen-bond acceptors (Lipinski definition) is 5. The molecule has 1 saturated heterocycles. The van der Waals surface area contributed by atoms with Gasteiger partial charge in [-0.25, -0.2) is 4.79 Å². The number of allylic oxidation sites excluding steroid dienone is 2.